The molecule has 2 aromatic heterocycles. The van der Waals surface area contributed by atoms with Gasteiger partial charge in [0.1, 0.15) is 17.1 Å². The highest BCUT2D eigenvalue weighted by molar-refractivity contribution is 6.41. The SMILES string of the molecule is C=CC(=O)NC1CCCCC1Nc1ncc2cc(-c3c(Cl)c(OC)cc(OC)c3Cl)c(=O)n(CC3CN(C(=O)C#CC)CCN3C)c2n1. The average molecular weight is 697 g/mol. The monoisotopic (exact) mass is 695 g/mol. The van der Waals surface area contributed by atoms with E-state index in [1.165, 1.54) is 20.3 Å². The second-order valence-corrected chi connectivity index (χ2v) is 12.6. The number of hydrogen-bond acceptors (Lipinski definition) is 9. The molecule has 2 amide bonds. The molecule has 12 nitrogen and oxygen atoms in total. The largest absolute Gasteiger partial charge is 0.495 e. The zero-order chi connectivity index (χ0) is 34.5. The lowest BCUT2D eigenvalue weighted by Crippen LogP contribution is -2.55. The van der Waals surface area contributed by atoms with Crippen molar-refractivity contribution < 1.29 is 19.1 Å². The van der Waals surface area contributed by atoms with Gasteiger partial charge in [-0.05, 0) is 44.9 Å². The number of nitrogens with one attached hydrogen (secondary N) is 2. The van der Waals surface area contributed by atoms with E-state index in [0.29, 0.717) is 48.1 Å². The van der Waals surface area contributed by atoms with Gasteiger partial charge in [-0.25, -0.2) is 4.98 Å². The summed E-state index contributed by atoms with van der Waals surface area (Å²) < 4.78 is 12.5. The smallest absolute Gasteiger partial charge is 0.298 e. The van der Waals surface area contributed by atoms with Gasteiger partial charge in [0.2, 0.25) is 11.9 Å². The molecule has 14 heteroatoms. The Morgan fingerprint density at radius 3 is 2.44 bits per heavy atom. The minimum atomic E-state index is -0.398. The summed E-state index contributed by atoms with van der Waals surface area (Å²) in [6, 6.07) is 2.73. The summed E-state index contributed by atoms with van der Waals surface area (Å²) in [7, 11) is 4.89. The van der Waals surface area contributed by atoms with Crippen molar-refractivity contribution in [1.29, 1.82) is 0 Å². The third kappa shape index (κ3) is 7.23. The fourth-order valence-electron chi connectivity index (χ4n) is 6.31. The Balaban J connectivity index is 1.64. The number of pyridine rings is 1. The van der Waals surface area contributed by atoms with Crippen LogP contribution in [0.15, 0.2) is 35.8 Å². The van der Waals surface area contributed by atoms with E-state index in [1.807, 2.05) is 7.05 Å². The summed E-state index contributed by atoms with van der Waals surface area (Å²) in [5.41, 5.74) is 0.454. The van der Waals surface area contributed by atoms with E-state index in [0.717, 1.165) is 25.7 Å². The van der Waals surface area contributed by atoms with Crippen LogP contribution in [0.3, 0.4) is 0 Å². The van der Waals surface area contributed by atoms with Gasteiger partial charge >= 0.3 is 0 Å². The van der Waals surface area contributed by atoms with Crippen molar-refractivity contribution in [2.24, 2.45) is 0 Å². The molecule has 2 fully saturated rings. The van der Waals surface area contributed by atoms with Gasteiger partial charge in [0, 0.05) is 67.5 Å². The molecule has 0 spiro atoms. The Bertz CT molecular complexity index is 1830. The molecule has 1 saturated carbocycles. The van der Waals surface area contributed by atoms with Crippen molar-refractivity contribution >= 4 is 52.0 Å². The molecule has 3 heterocycles. The first-order valence-electron chi connectivity index (χ1n) is 15.7. The van der Waals surface area contributed by atoms with Gasteiger partial charge in [-0.1, -0.05) is 48.5 Å². The zero-order valence-electron chi connectivity index (χ0n) is 27.4. The number of likely N-dealkylation sites (N-methyl/N-ethyl adjacent to an activating group) is 1. The molecule has 3 aromatic rings. The van der Waals surface area contributed by atoms with Crippen LogP contribution in [0.4, 0.5) is 5.95 Å². The van der Waals surface area contributed by atoms with E-state index in [9.17, 15) is 14.4 Å². The Kier molecular flexibility index (Phi) is 11.1. The van der Waals surface area contributed by atoms with Gasteiger partial charge in [-0.15, -0.1) is 0 Å². The molecule has 0 radical (unpaired) electrons. The van der Waals surface area contributed by atoms with Crippen LogP contribution < -0.4 is 25.7 Å². The summed E-state index contributed by atoms with van der Waals surface area (Å²) in [5.74, 6) is 5.70. The summed E-state index contributed by atoms with van der Waals surface area (Å²) in [6.07, 6.45) is 6.48. The number of rotatable bonds is 9. The number of fused-ring (bicyclic) bond motifs is 1. The molecule has 2 N–H and O–H groups in total. The van der Waals surface area contributed by atoms with E-state index in [2.05, 4.69) is 38.9 Å². The molecular formula is C34H39Cl2N7O5. The highest BCUT2D eigenvalue weighted by Gasteiger charge is 2.31. The minimum absolute atomic E-state index is 0.120. The number of halogens is 2. The molecule has 2 aliphatic rings. The Labute approximate surface area is 289 Å². The Morgan fingerprint density at radius 1 is 1.10 bits per heavy atom. The van der Waals surface area contributed by atoms with Crippen molar-refractivity contribution in [2.45, 2.75) is 57.3 Å². The summed E-state index contributed by atoms with van der Waals surface area (Å²) in [4.78, 5) is 52.7. The van der Waals surface area contributed by atoms with E-state index < -0.39 is 5.56 Å². The Hall–Kier alpha value is -4.31. The molecule has 254 valence electrons. The number of aromatic nitrogens is 3. The normalized spacial score (nSPS) is 19.6. The minimum Gasteiger partial charge on any atom is -0.495 e. The highest BCUT2D eigenvalue weighted by Crippen LogP contribution is 2.45. The van der Waals surface area contributed by atoms with Crippen LogP contribution in [0.1, 0.15) is 32.6 Å². The van der Waals surface area contributed by atoms with Gasteiger partial charge in [-0.3, -0.25) is 23.9 Å². The number of carbonyl (C=O) groups is 2. The number of anilines is 1. The van der Waals surface area contributed by atoms with Gasteiger partial charge in [-0.2, -0.15) is 4.98 Å². The molecule has 3 unspecified atom stereocenters. The molecule has 48 heavy (non-hydrogen) atoms. The van der Waals surface area contributed by atoms with Crippen LogP contribution in [0.25, 0.3) is 22.2 Å². The van der Waals surface area contributed by atoms with Crippen LogP contribution in [-0.2, 0) is 16.1 Å². The lowest BCUT2D eigenvalue weighted by molar-refractivity contribution is -0.127. The van der Waals surface area contributed by atoms with Crippen molar-refractivity contribution in [3.05, 3.63) is 51.4 Å². The molecular weight excluding hydrogens is 657 g/mol. The standard InChI is InChI=1S/C34H39Cl2N7O5/c1-6-10-28(45)42-14-13-41(3)21(18-42)19-43-32-20(15-22(33(43)46)29-30(35)25(47-4)16-26(48-5)31(29)36)17-37-34(40-32)39-24-12-9-8-11-23(24)38-27(44)7-2/h7,15-17,21,23-24H,2,8-9,11-14,18-19H2,1,3-5H3,(H,38,44)(H,37,39,40). The molecule has 3 atom stereocenters. The number of methoxy groups -OCH3 is 2. The maximum absolute atomic E-state index is 14.6. The topological polar surface area (TPSA) is 131 Å². The molecule has 1 aromatic carbocycles. The van der Waals surface area contributed by atoms with Crippen LogP contribution in [0.5, 0.6) is 11.5 Å². The third-order valence-corrected chi connectivity index (χ3v) is 9.70. The van der Waals surface area contributed by atoms with Gasteiger partial charge in [0.15, 0.2) is 0 Å². The van der Waals surface area contributed by atoms with Crippen molar-refractivity contribution in [2.75, 3.05) is 46.2 Å². The number of nitrogens with zero attached hydrogens (tertiary/aromatic N) is 5. The third-order valence-electron chi connectivity index (χ3n) is 8.95. The predicted molar refractivity (Wildman–Crippen MR) is 187 cm³/mol. The lowest BCUT2D eigenvalue weighted by Gasteiger charge is -2.39. The Morgan fingerprint density at radius 2 is 1.79 bits per heavy atom. The van der Waals surface area contributed by atoms with Crippen LogP contribution in [-0.4, -0.2) is 95.2 Å². The number of ether oxygens (including phenoxy) is 2. The number of benzene rings is 1. The number of piperazine rings is 1. The average Bonchev–Trinajstić information content (AvgIpc) is 3.08. The fraction of sp³-hybridized carbons (Fsp3) is 0.441. The summed E-state index contributed by atoms with van der Waals surface area (Å²) in [5, 5.41) is 7.28. The van der Waals surface area contributed by atoms with E-state index in [-0.39, 0.29) is 57.7 Å². The van der Waals surface area contributed by atoms with E-state index in [1.54, 1.807) is 34.7 Å². The number of carbonyl (C=O) groups excluding carboxylic acids is 2. The second-order valence-electron chi connectivity index (χ2n) is 11.8. The van der Waals surface area contributed by atoms with Crippen molar-refractivity contribution in [3.8, 4) is 34.5 Å². The van der Waals surface area contributed by atoms with Gasteiger partial charge in [0.05, 0.1) is 29.8 Å². The van der Waals surface area contributed by atoms with E-state index in [4.69, 9.17) is 37.7 Å². The van der Waals surface area contributed by atoms with Gasteiger partial charge in [0.25, 0.3) is 11.5 Å². The molecule has 1 aliphatic carbocycles. The van der Waals surface area contributed by atoms with E-state index >= 15 is 0 Å². The first-order chi connectivity index (χ1) is 23.1. The predicted octanol–water partition coefficient (Wildman–Crippen LogP) is 3.97. The number of amides is 2. The van der Waals surface area contributed by atoms with Crippen LogP contribution in [0.2, 0.25) is 10.0 Å². The van der Waals surface area contributed by atoms with Crippen LogP contribution in [0, 0.1) is 11.8 Å². The number of hydrogen-bond donors (Lipinski definition) is 2. The van der Waals surface area contributed by atoms with Crippen LogP contribution >= 0.6 is 23.2 Å². The zero-order valence-corrected chi connectivity index (χ0v) is 29.0. The molecule has 1 aliphatic heterocycles. The van der Waals surface area contributed by atoms with Gasteiger partial charge < -0.3 is 25.0 Å². The summed E-state index contributed by atoms with van der Waals surface area (Å²) in [6.45, 7) is 6.87. The first kappa shape index (κ1) is 35.0. The highest BCUT2D eigenvalue weighted by atomic mass is 35.5. The summed E-state index contributed by atoms with van der Waals surface area (Å²) >= 11 is 13.6. The molecule has 0 bridgehead atoms. The molecule has 5 rings (SSSR count). The van der Waals surface area contributed by atoms with Crippen molar-refractivity contribution in [1.82, 2.24) is 29.7 Å². The maximum atomic E-state index is 14.6. The maximum Gasteiger partial charge on any atom is 0.298 e. The second kappa shape index (κ2) is 15.3. The molecule has 1 saturated heterocycles. The fourth-order valence-corrected chi connectivity index (χ4v) is 7.01. The quantitative estimate of drug-likeness (QED) is 0.252. The van der Waals surface area contributed by atoms with Crippen molar-refractivity contribution in [3.63, 3.8) is 0 Å². The first-order valence-corrected chi connectivity index (χ1v) is 16.5. The lowest BCUT2D eigenvalue weighted by atomic mass is 9.90.